The second kappa shape index (κ2) is 17.3. The van der Waals surface area contributed by atoms with E-state index in [1.807, 2.05) is 48.5 Å². The molecule has 0 unspecified atom stereocenters. The second-order valence-corrected chi connectivity index (χ2v) is 8.94. The average molecular weight is 571 g/mol. The van der Waals surface area contributed by atoms with E-state index in [2.05, 4.69) is 20.1 Å². The summed E-state index contributed by atoms with van der Waals surface area (Å²) in [6, 6.07) is 15.5. The Labute approximate surface area is 237 Å². The average Bonchev–Trinajstić information content (AvgIpc) is 3.16. The highest BCUT2D eigenvalue weighted by Crippen LogP contribution is 2.36. The molecule has 0 saturated carbocycles. The molecule has 0 N–H and O–H groups in total. The number of para-hydroxylation sites is 2. The fourth-order valence-electron chi connectivity index (χ4n) is 4.52. The Kier molecular flexibility index (Phi) is 12.8. The lowest BCUT2D eigenvalue weighted by Crippen LogP contribution is -2.49. The minimum Gasteiger partial charge on any atom is -0.491 e. The zero-order chi connectivity index (χ0) is 28.5. The van der Waals surface area contributed by atoms with Crippen molar-refractivity contribution in [1.29, 1.82) is 0 Å². The summed E-state index contributed by atoms with van der Waals surface area (Å²) in [5.41, 5.74) is 19.6. The van der Waals surface area contributed by atoms with E-state index < -0.39 is 24.4 Å². The van der Waals surface area contributed by atoms with E-state index in [0.29, 0.717) is 26.4 Å². The van der Waals surface area contributed by atoms with Gasteiger partial charge in [-0.2, -0.15) is 0 Å². The standard InChI is InChI=1S/C27H34N6O8/c28-32-30-17-24-26-27(25(18-31-33-29)41-19-40-24)39-16-12-35-10-14-37-23-8-4-2-6-21(23)20-5-1-3-7-22(20)36-13-9-34-11-15-38-26/h1-8,24-27H,9-19H2/t24-,25-,26-,27-/m1/s1. The van der Waals surface area contributed by atoms with Gasteiger partial charge in [-0.15, -0.1) is 0 Å². The molecule has 2 aliphatic heterocycles. The van der Waals surface area contributed by atoms with Crippen LogP contribution < -0.4 is 9.47 Å². The third-order valence-electron chi connectivity index (χ3n) is 6.38. The summed E-state index contributed by atoms with van der Waals surface area (Å²) >= 11 is 0. The molecule has 2 aromatic carbocycles. The molecule has 0 radical (unpaired) electrons. The second-order valence-electron chi connectivity index (χ2n) is 8.94. The Balaban J connectivity index is 1.48. The van der Waals surface area contributed by atoms with Crippen LogP contribution in [0.25, 0.3) is 32.0 Å². The van der Waals surface area contributed by atoms with E-state index in [1.165, 1.54) is 0 Å². The number of fused-ring (bicyclic) bond motifs is 4. The third kappa shape index (κ3) is 9.22. The van der Waals surface area contributed by atoms with Crippen molar-refractivity contribution in [3.8, 4) is 22.6 Å². The number of azide groups is 2. The molecule has 2 aliphatic rings. The van der Waals surface area contributed by atoms with Gasteiger partial charge < -0.3 is 37.9 Å². The van der Waals surface area contributed by atoms with Crippen LogP contribution >= 0.6 is 0 Å². The van der Waals surface area contributed by atoms with Gasteiger partial charge in [0.1, 0.15) is 43.7 Å². The minimum atomic E-state index is -0.695. The number of hydrogen-bond acceptors (Lipinski definition) is 10. The molecular formula is C27H34N6O8. The normalized spacial score (nSPS) is 24.7. The molecule has 2 aromatic rings. The van der Waals surface area contributed by atoms with Crippen molar-refractivity contribution in [1.82, 2.24) is 0 Å². The fraction of sp³-hybridized carbons (Fsp3) is 0.556. The topological polar surface area (TPSA) is 171 Å². The Morgan fingerprint density at radius 2 is 1.02 bits per heavy atom. The number of hydrogen-bond donors (Lipinski definition) is 0. The van der Waals surface area contributed by atoms with Gasteiger partial charge in [0.25, 0.3) is 0 Å². The van der Waals surface area contributed by atoms with Crippen LogP contribution in [0.5, 0.6) is 11.5 Å². The number of rotatable bonds is 4. The molecule has 1 saturated heterocycles. The molecular weight excluding hydrogens is 536 g/mol. The monoisotopic (exact) mass is 570 g/mol. The Bertz CT molecular complexity index is 1090. The fourth-order valence-corrected chi connectivity index (χ4v) is 4.52. The maximum atomic E-state index is 8.87. The van der Waals surface area contributed by atoms with Crippen molar-refractivity contribution < 1.29 is 37.9 Å². The van der Waals surface area contributed by atoms with Gasteiger partial charge in [-0.05, 0) is 23.2 Å². The van der Waals surface area contributed by atoms with Gasteiger partial charge in [-0.25, -0.2) is 0 Å². The van der Waals surface area contributed by atoms with Gasteiger partial charge in [0.05, 0.1) is 64.9 Å². The van der Waals surface area contributed by atoms with E-state index in [9.17, 15) is 0 Å². The smallest absolute Gasteiger partial charge is 0.147 e. The van der Waals surface area contributed by atoms with Crippen molar-refractivity contribution in [3.05, 3.63) is 69.4 Å². The van der Waals surface area contributed by atoms with Crippen molar-refractivity contribution in [2.45, 2.75) is 24.4 Å². The van der Waals surface area contributed by atoms with Crippen LogP contribution in [0.2, 0.25) is 0 Å². The first-order valence-corrected chi connectivity index (χ1v) is 13.4. The van der Waals surface area contributed by atoms with Crippen LogP contribution in [0.15, 0.2) is 58.8 Å². The number of benzene rings is 2. The summed E-state index contributed by atoms with van der Waals surface area (Å²) in [6.07, 6.45) is -2.70. The highest BCUT2D eigenvalue weighted by Gasteiger charge is 2.40. The van der Waals surface area contributed by atoms with Gasteiger partial charge >= 0.3 is 0 Å². The van der Waals surface area contributed by atoms with Gasteiger partial charge in [0.15, 0.2) is 0 Å². The molecule has 0 amide bonds. The summed E-state index contributed by atoms with van der Waals surface area (Å²) in [4.78, 5) is 5.69. The molecule has 2 heterocycles. The predicted molar refractivity (Wildman–Crippen MR) is 147 cm³/mol. The quantitative estimate of drug-likeness (QED) is 0.297. The first-order chi connectivity index (χ1) is 20.3. The van der Waals surface area contributed by atoms with Gasteiger partial charge in [-0.3, -0.25) is 0 Å². The molecule has 0 bridgehead atoms. The van der Waals surface area contributed by atoms with Crippen molar-refractivity contribution in [2.24, 2.45) is 10.2 Å². The van der Waals surface area contributed by atoms with Crippen LogP contribution in [-0.2, 0) is 28.4 Å². The largest absolute Gasteiger partial charge is 0.491 e. The maximum Gasteiger partial charge on any atom is 0.147 e. The van der Waals surface area contributed by atoms with Crippen molar-refractivity contribution in [3.63, 3.8) is 0 Å². The first-order valence-electron chi connectivity index (χ1n) is 13.4. The van der Waals surface area contributed by atoms with E-state index in [-0.39, 0.29) is 46.3 Å². The minimum absolute atomic E-state index is 0.00203. The van der Waals surface area contributed by atoms with Crippen molar-refractivity contribution >= 4 is 0 Å². The van der Waals surface area contributed by atoms with Gasteiger partial charge in [-0.1, -0.05) is 46.6 Å². The maximum absolute atomic E-state index is 8.87. The molecule has 14 nitrogen and oxygen atoms in total. The summed E-state index contributed by atoms with van der Waals surface area (Å²) in [5, 5.41) is 7.32. The molecule has 4 atom stereocenters. The van der Waals surface area contributed by atoms with Crippen LogP contribution in [0.3, 0.4) is 0 Å². The molecule has 220 valence electrons. The zero-order valence-corrected chi connectivity index (χ0v) is 22.7. The highest BCUT2D eigenvalue weighted by atomic mass is 16.7. The Morgan fingerprint density at radius 3 is 1.49 bits per heavy atom. The van der Waals surface area contributed by atoms with Crippen molar-refractivity contribution in [2.75, 3.05) is 72.7 Å². The van der Waals surface area contributed by atoms with Crippen LogP contribution in [0, 0.1) is 0 Å². The van der Waals surface area contributed by atoms with E-state index in [0.717, 1.165) is 22.6 Å². The number of ether oxygens (including phenoxy) is 8. The summed E-state index contributed by atoms with van der Waals surface area (Å²) in [6.45, 7) is 2.15. The lowest BCUT2D eigenvalue weighted by Gasteiger charge is -2.32. The molecule has 41 heavy (non-hydrogen) atoms. The van der Waals surface area contributed by atoms with E-state index >= 15 is 0 Å². The molecule has 14 heteroatoms. The Hall–Kier alpha value is -3.58. The van der Waals surface area contributed by atoms with E-state index in [1.54, 1.807) is 0 Å². The molecule has 0 aromatic heterocycles. The van der Waals surface area contributed by atoms with Crippen LogP contribution in [0.4, 0.5) is 0 Å². The molecule has 4 rings (SSSR count). The molecule has 0 aliphatic carbocycles. The lowest BCUT2D eigenvalue weighted by molar-refractivity contribution is -0.140. The predicted octanol–water partition coefficient (Wildman–Crippen LogP) is 4.29. The lowest BCUT2D eigenvalue weighted by atomic mass is 10.0. The Morgan fingerprint density at radius 1 is 0.585 bits per heavy atom. The highest BCUT2D eigenvalue weighted by molar-refractivity contribution is 5.75. The summed E-state index contributed by atoms with van der Waals surface area (Å²) in [5.74, 6) is 1.44. The van der Waals surface area contributed by atoms with Gasteiger partial charge in [0, 0.05) is 21.0 Å². The van der Waals surface area contributed by atoms with Crippen LogP contribution in [0.1, 0.15) is 0 Å². The third-order valence-corrected chi connectivity index (χ3v) is 6.38. The van der Waals surface area contributed by atoms with E-state index in [4.69, 9.17) is 49.0 Å². The van der Waals surface area contributed by atoms with Gasteiger partial charge in [0.2, 0.25) is 0 Å². The summed E-state index contributed by atoms with van der Waals surface area (Å²) in [7, 11) is 0. The SMILES string of the molecule is [N-]=[N+]=NC[C@H]1OCO[C@H](CN=[N+]=[N-])[C@H]2OCCOCCOc3ccccc3-c3ccccc3OCCOCCO[C@@H]21. The molecule has 0 spiro atoms. The first kappa shape index (κ1) is 30.4. The number of nitrogens with zero attached hydrogens (tertiary/aromatic N) is 6. The van der Waals surface area contributed by atoms with Crippen LogP contribution in [-0.4, -0.2) is 97.2 Å². The summed E-state index contributed by atoms with van der Waals surface area (Å²) < 4.78 is 47.5. The zero-order valence-electron chi connectivity index (χ0n) is 22.7. The molecule has 1 fully saturated rings.